The van der Waals surface area contributed by atoms with Gasteiger partial charge in [0.1, 0.15) is 10.6 Å². The zero-order chi connectivity index (χ0) is 12.2. The summed E-state index contributed by atoms with van der Waals surface area (Å²) in [5.74, 6) is 0.335. The van der Waals surface area contributed by atoms with E-state index in [2.05, 4.69) is 0 Å². The molecule has 0 saturated heterocycles. The molecule has 0 aromatic heterocycles. The number of aryl methyl sites for hydroxylation is 1. The Balaban J connectivity index is 2.99. The molecule has 1 aromatic rings. The smallest absolute Gasteiger partial charge is 0.241 e. The van der Waals surface area contributed by atoms with Gasteiger partial charge in [-0.1, -0.05) is 19.4 Å². The van der Waals surface area contributed by atoms with Crippen molar-refractivity contribution in [2.45, 2.75) is 31.6 Å². The molecule has 0 amide bonds. The minimum Gasteiger partial charge on any atom is -0.492 e. The van der Waals surface area contributed by atoms with E-state index in [1.807, 2.05) is 13.8 Å². The third kappa shape index (κ3) is 3.50. The topological polar surface area (TPSA) is 69.4 Å². The van der Waals surface area contributed by atoms with Crippen LogP contribution in [0.2, 0.25) is 0 Å². The van der Waals surface area contributed by atoms with Crippen LogP contribution in [0.5, 0.6) is 5.75 Å². The number of nitrogens with two attached hydrogens (primary N) is 1. The molecule has 0 aliphatic rings. The average Bonchev–Trinajstić information content (AvgIpc) is 2.19. The van der Waals surface area contributed by atoms with Crippen molar-refractivity contribution >= 4 is 10.0 Å². The van der Waals surface area contributed by atoms with Crippen molar-refractivity contribution in [2.24, 2.45) is 5.14 Å². The van der Waals surface area contributed by atoms with E-state index < -0.39 is 10.0 Å². The minimum atomic E-state index is -3.72. The Bertz CT molecular complexity index is 454. The molecular weight excluding hydrogens is 226 g/mol. The van der Waals surface area contributed by atoms with Crippen LogP contribution >= 0.6 is 0 Å². The predicted octanol–water partition coefficient (Wildman–Crippen LogP) is 1.82. The molecule has 2 N–H and O–H groups in total. The largest absolute Gasteiger partial charge is 0.492 e. The molecule has 0 unspecified atom stereocenters. The van der Waals surface area contributed by atoms with Crippen LogP contribution in [-0.4, -0.2) is 15.0 Å². The monoisotopic (exact) mass is 243 g/mol. The van der Waals surface area contributed by atoms with Gasteiger partial charge in [0.2, 0.25) is 10.0 Å². The van der Waals surface area contributed by atoms with Gasteiger partial charge < -0.3 is 4.74 Å². The Morgan fingerprint density at radius 1 is 1.38 bits per heavy atom. The second kappa shape index (κ2) is 5.32. The van der Waals surface area contributed by atoms with Crippen LogP contribution in [0.3, 0.4) is 0 Å². The number of hydrogen-bond donors (Lipinski definition) is 1. The van der Waals surface area contributed by atoms with E-state index in [0.29, 0.717) is 12.4 Å². The van der Waals surface area contributed by atoms with Crippen LogP contribution in [0.25, 0.3) is 0 Å². The molecular formula is C11H17NO3S. The summed E-state index contributed by atoms with van der Waals surface area (Å²) < 4.78 is 28.1. The van der Waals surface area contributed by atoms with Crippen LogP contribution in [0.15, 0.2) is 23.1 Å². The molecule has 0 spiro atoms. The van der Waals surface area contributed by atoms with Gasteiger partial charge in [0.05, 0.1) is 6.61 Å². The minimum absolute atomic E-state index is 0.0589. The first kappa shape index (κ1) is 13.0. The maximum Gasteiger partial charge on any atom is 0.241 e. The first-order chi connectivity index (χ1) is 7.45. The van der Waals surface area contributed by atoms with Gasteiger partial charge in [-0.05, 0) is 31.0 Å². The number of sulfonamides is 1. The molecule has 0 atom stereocenters. The van der Waals surface area contributed by atoms with Gasteiger partial charge >= 0.3 is 0 Å². The van der Waals surface area contributed by atoms with Gasteiger partial charge in [-0.2, -0.15) is 0 Å². The number of ether oxygens (including phenoxy) is 1. The lowest BCUT2D eigenvalue weighted by Gasteiger charge is -2.10. The van der Waals surface area contributed by atoms with E-state index in [0.717, 1.165) is 18.4 Å². The highest BCUT2D eigenvalue weighted by atomic mass is 32.2. The average molecular weight is 243 g/mol. The molecule has 0 saturated carbocycles. The van der Waals surface area contributed by atoms with Crippen molar-refractivity contribution in [1.82, 2.24) is 0 Å². The molecule has 16 heavy (non-hydrogen) atoms. The second-order valence-electron chi connectivity index (χ2n) is 3.70. The summed E-state index contributed by atoms with van der Waals surface area (Å²) in [5, 5.41) is 5.12. The lowest BCUT2D eigenvalue weighted by molar-refractivity contribution is 0.301. The van der Waals surface area contributed by atoms with Crippen molar-refractivity contribution in [2.75, 3.05) is 6.61 Å². The van der Waals surface area contributed by atoms with Crippen molar-refractivity contribution in [3.8, 4) is 5.75 Å². The number of unbranched alkanes of at least 4 members (excludes halogenated alkanes) is 1. The van der Waals surface area contributed by atoms with E-state index in [1.165, 1.54) is 6.07 Å². The third-order valence-corrected chi connectivity index (χ3v) is 3.09. The zero-order valence-corrected chi connectivity index (χ0v) is 10.4. The van der Waals surface area contributed by atoms with E-state index in [4.69, 9.17) is 9.88 Å². The molecule has 0 aliphatic carbocycles. The second-order valence-corrected chi connectivity index (χ2v) is 5.23. The van der Waals surface area contributed by atoms with Gasteiger partial charge in [0, 0.05) is 0 Å². The predicted molar refractivity (Wildman–Crippen MR) is 63.0 cm³/mol. The van der Waals surface area contributed by atoms with Crippen LogP contribution in [-0.2, 0) is 10.0 Å². The first-order valence-electron chi connectivity index (χ1n) is 5.21. The highest BCUT2D eigenvalue weighted by Crippen LogP contribution is 2.23. The maximum atomic E-state index is 11.3. The number of primary sulfonamides is 1. The molecule has 0 fully saturated rings. The van der Waals surface area contributed by atoms with Crippen LogP contribution in [0.4, 0.5) is 0 Å². The molecule has 0 radical (unpaired) electrons. The first-order valence-corrected chi connectivity index (χ1v) is 6.76. The Hall–Kier alpha value is -1.07. The highest BCUT2D eigenvalue weighted by Gasteiger charge is 2.15. The van der Waals surface area contributed by atoms with Gasteiger partial charge in [-0.3, -0.25) is 0 Å². The lowest BCUT2D eigenvalue weighted by Crippen LogP contribution is -2.14. The molecule has 0 bridgehead atoms. The van der Waals surface area contributed by atoms with Crippen molar-refractivity contribution in [3.63, 3.8) is 0 Å². The number of hydrogen-bond acceptors (Lipinski definition) is 3. The van der Waals surface area contributed by atoms with Crippen molar-refractivity contribution in [3.05, 3.63) is 23.8 Å². The quantitative estimate of drug-likeness (QED) is 0.802. The maximum absolute atomic E-state index is 11.3. The molecule has 5 heteroatoms. The van der Waals surface area contributed by atoms with Crippen LogP contribution < -0.4 is 9.88 Å². The molecule has 4 nitrogen and oxygen atoms in total. The molecule has 1 rings (SSSR count). The normalized spacial score (nSPS) is 11.4. The van der Waals surface area contributed by atoms with Crippen LogP contribution in [0, 0.1) is 6.92 Å². The van der Waals surface area contributed by atoms with Crippen molar-refractivity contribution in [1.29, 1.82) is 0 Å². The highest BCUT2D eigenvalue weighted by molar-refractivity contribution is 7.89. The Labute approximate surface area is 96.5 Å². The molecule has 90 valence electrons. The van der Waals surface area contributed by atoms with E-state index in [1.54, 1.807) is 12.1 Å². The zero-order valence-electron chi connectivity index (χ0n) is 9.56. The Morgan fingerprint density at radius 2 is 2.06 bits per heavy atom. The van der Waals surface area contributed by atoms with Gasteiger partial charge in [-0.15, -0.1) is 0 Å². The lowest BCUT2D eigenvalue weighted by atomic mass is 10.2. The summed E-state index contributed by atoms with van der Waals surface area (Å²) in [6, 6.07) is 4.97. The summed E-state index contributed by atoms with van der Waals surface area (Å²) >= 11 is 0. The summed E-state index contributed by atoms with van der Waals surface area (Å²) in [7, 11) is -3.72. The SMILES string of the molecule is CCCCOc1ccc(C)cc1S(N)(=O)=O. The Kier molecular flexibility index (Phi) is 4.32. The van der Waals surface area contributed by atoms with Gasteiger partial charge in [-0.25, -0.2) is 13.6 Å². The summed E-state index contributed by atoms with van der Waals surface area (Å²) in [6.07, 6.45) is 1.88. The van der Waals surface area contributed by atoms with Gasteiger partial charge in [0.25, 0.3) is 0 Å². The fourth-order valence-corrected chi connectivity index (χ4v) is 2.04. The summed E-state index contributed by atoms with van der Waals surface area (Å²) in [5.41, 5.74) is 0.840. The molecule has 0 aliphatic heterocycles. The van der Waals surface area contributed by atoms with E-state index in [9.17, 15) is 8.42 Å². The van der Waals surface area contributed by atoms with Crippen molar-refractivity contribution < 1.29 is 13.2 Å². The number of rotatable bonds is 5. The summed E-state index contributed by atoms with van der Waals surface area (Å²) in [4.78, 5) is 0.0589. The van der Waals surface area contributed by atoms with Gasteiger partial charge in [0.15, 0.2) is 0 Å². The fraction of sp³-hybridized carbons (Fsp3) is 0.455. The van der Waals surface area contributed by atoms with E-state index >= 15 is 0 Å². The fourth-order valence-electron chi connectivity index (χ4n) is 1.28. The summed E-state index contributed by atoms with van der Waals surface area (Å²) in [6.45, 7) is 4.35. The Morgan fingerprint density at radius 3 is 2.62 bits per heavy atom. The van der Waals surface area contributed by atoms with Crippen LogP contribution in [0.1, 0.15) is 25.3 Å². The number of benzene rings is 1. The van der Waals surface area contributed by atoms with E-state index in [-0.39, 0.29) is 4.90 Å². The molecule has 1 aromatic carbocycles. The molecule has 0 heterocycles. The standard InChI is InChI=1S/C11H17NO3S/c1-3-4-7-15-10-6-5-9(2)8-11(10)16(12,13)14/h5-6,8H,3-4,7H2,1-2H3,(H2,12,13,14). The third-order valence-electron chi connectivity index (χ3n) is 2.16.